The molecule has 0 spiro atoms. The predicted molar refractivity (Wildman–Crippen MR) is 56.8 cm³/mol. The third kappa shape index (κ3) is 3.33. The van der Waals surface area contributed by atoms with Crippen molar-refractivity contribution in [2.45, 2.75) is 45.3 Å². The van der Waals surface area contributed by atoms with Crippen molar-refractivity contribution in [1.82, 2.24) is 14.8 Å². The van der Waals surface area contributed by atoms with E-state index in [0.29, 0.717) is 10.6 Å². The van der Waals surface area contributed by atoms with Crippen LogP contribution in [-0.2, 0) is 12.0 Å². The molecule has 1 aromatic heterocycles. The summed E-state index contributed by atoms with van der Waals surface area (Å²) in [6.07, 6.45) is -5.22. The number of rotatable bonds is 2. The monoisotopic (exact) mass is 253 g/mol. The van der Waals surface area contributed by atoms with Gasteiger partial charge >= 0.3 is 6.18 Å². The number of hydrogen-bond donors (Lipinski definition) is 1. The van der Waals surface area contributed by atoms with E-state index in [1.165, 1.54) is 0 Å². The van der Waals surface area contributed by atoms with Crippen molar-refractivity contribution < 1.29 is 13.2 Å². The van der Waals surface area contributed by atoms with E-state index >= 15 is 0 Å². The second kappa shape index (κ2) is 4.20. The topological polar surface area (TPSA) is 33.6 Å². The standard InChI is InChI=1S/C9H14F3N3S/c1-8(2,3)15-6(13-14-7(15)16)4-5-9(10,11)12/h4-5H2,1-3H3,(H,14,16). The Morgan fingerprint density at radius 2 is 1.88 bits per heavy atom. The molecular weight excluding hydrogens is 239 g/mol. The van der Waals surface area contributed by atoms with Gasteiger partial charge in [0.25, 0.3) is 0 Å². The SMILES string of the molecule is CC(C)(C)n1c(CCC(F)(F)F)n[nH]c1=S. The van der Waals surface area contributed by atoms with Crippen LogP contribution in [0.2, 0.25) is 0 Å². The maximum atomic E-state index is 12.1. The van der Waals surface area contributed by atoms with Crippen LogP contribution in [0, 0.1) is 4.77 Å². The van der Waals surface area contributed by atoms with Crippen molar-refractivity contribution in [3.05, 3.63) is 10.6 Å². The van der Waals surface area contributed by atoms with Crippen LogP contribution in [0.3, 0.4) is 0 Å². The number of aromatic nitrogens is 3. The first-order valence-corrected chi connectivity index (χ1v) is 5.25. The third-order valence-electron chi connectivity index (χ3n) is 2.04. The van der Waals surface area contributed by atoms with Crippen LogP contribution in [0.5, 0.6) is 0 Å². The first-order valence-electron chi connectivity index (χ1n) is 4.85. The third-order valence-corrected chi connectivity index (χ3v) is 2.32. The van der Waals surface area contributed by atoms with Gasteiger partial charge < -0.3 is 0 Å². The summed E-state index contributed by atoms with van der Waals surface area (Å²) in [7, 11) is 0. The van der Waals surface area contributed by atoms with Crippen molar-refractivity contribution >= 4 is 12.2 Å². The van der Waals surface area contributed by atoms with E-state index < -0.39 is 12.6 Å². The van der Waals surface area contributed by atoms with Crippen LogP contribution < -0.4 is 0 Å². The van der Waals surface area contributed by atoms with Crippen LogP contribution in [0.1, 0.15) is 33.0 Å². The number of alkyl halides is 3. The molecule has 0 aliphatic carbocycles. The fourth-order valence-corrected chi connectivity index (χ4v) is 1.87. The smallest absolute Gasteiger partial charge is 0.299 e. The van der Waals surface area contributed by atoms with Gasteiger partial charge in [-0.25, -0.2) is 0 Å². The van der Waals surface area contributed by atoms with E-state index in [0.717, 1.165) is 0 Å². The maximum absolute atomic E-state index is 12.1. The summed E-state index contributed by atoms with van der Waals surface area (Å²) in [5.41, 5.74) is -0.370. The fourth-order valence-electron chi connectivity index (χ4n) is 1.44. The molecule has 16 heavy (non-hydrogen) atoms. The second-order valence-electron chi connectivity index (χ2n) is 4.57. The van der Waals surface area contributed by atoms with Gasteiger partial charge in [-0.1, -0.05) is 0 Å². The number of aryl methyl sites for hydroxylation is 1. The van der Waals surface area contributed by atoms with Gasteiger partial charge in [-0.05, 0) is 33.0 Å². The summed E-state index contributed by atoms with van der Waals surface area (Å²) >= 11 is 4.99. The van der Waals surface area contributed by atoms with E-state index in [9.17, 15) is 13.2 Å². The van der Waals surface area contributed by atoms with Gasteiger partial charge in [-0.15, -0.1) is 0 Å². The number of H-pyrrole nitrogens is 1. The van der Waals surface area contributed by atoms with Crippen molar-refractivity contribution in [3.8, 4) is 0 Å². The minimum Gasteiger partial charge on any atom is -0.299 e. The number of aromatic amines is 1. The van der Waals surface area contributed by atoms with E-state index in [2.05, 4.69) is 10.2 Å². The van der Waals surface area contributed by atoms with Crippen molar-refractivity contribution in [2.75, 3.05) is 0 Å². The fraction of sp³-hybridized carbons (Fsp3) is 0.778. The first-order chi connectivity index (χ1) is 7.11. The molecule has 1 aromatic rings. The Hall–Kier alpha value is -0.850. The Balaban J connectivity index is 2.95. The van der Waals surface area contributed by atoms with E-state index in [1.807, 2.05) is 20.8 Å². The van der Waals surface area contributed by atoms with Gasteiger partial charge in [-0.2, -0.15) is 18.3 Å². The lowest BCUT2D eigenvalue weighted by Gasteiger charge is -2.22. The highest BCUT2D eigenvalue weighted by Crippen LogP contribution is 2.23. The molecule has 0 bridgehead atoms. The van der Waals surface area contributed by atoms with E-state index in [1.54, 1.807) is 4.57 Å². The molecular formula is C9H14F3N3S. The van der Waals surface area contributed by atoms with Gasteiger partial charge in [-0.3, -0.25) is 9.67 Å². The van der Waals surface area contributed by atoms with Gasteiger partial charge in [0.15, 0.2) is 4.77 Å². The molecule has 0 aromatic carbocycles. The quantitative estimate of drug-likeness (QED) is 0.821. The highest BCUT2D eigenvalue weighted by molar-refractivity contribution is 7.71. The number of nitrogens with one attached hydrogen (secondary N) is 1. The van der Waals surface area contributed by atoms with Gasteiger partial charge in [0, 0.05) is 12.0 Å². The molecule has 0 aliphatic heterocycles. The van der Waals surface area contributed by atoms with Crippen LogP contribution >= 0.6 is 12.2 Å². The molecule has 0 fully saturated rings. The summed E-state index contributed by atoms with van der Waals surface area (Å²) in [5.74, 6) is 0.342. The van der Waals surface area contributed by atoms with Crippen LogP contribution in [-0.4, -0.2) is 20.9 Å². The van der Waals surface area contributed by atoms with Crippen molar-refractivity contribution in [2.24, 2.45) is 0 Å². The minimum atomic E-state index is -4.17. The van der Waals surface area contributed by atoms with Gasteiger partial charge in [0.2, 0.25) is 0 Å². The van der Waals surface area contributed by atoms with Gasteiger partial charge in [0.05, 0.1) is 6.42 Å². The summed E-state index contributed by atoms with van der Waals surface area (Å²) in [6.45, 7) is 5.61. The first kappa shape index (κ1) is 13.2. The Labute approximate surface area is 96.7 Å². The molecule has 0 saturated heterocycles. The molecule has 0 amide bonds. The normalized spacial score (nSPS) is 13.1. The lowest BCUT2D eigenvalue weighted by Crippen LogP contribution is -2.25. The van der Waals surface area contributed by atoms with Gasteiger partial charge in [0.1, 0.15) is 5.82 Å². The molecule has 1 heterocycles. The summed E-state index contributed by atoms with van der Waals surface area (Å²) in [4.78, 5) is 0. The lowest BCUT2D eigenvalue weighted by atomic mass is 10.1. The van der Waals surface area contributed by atoms with Crippen molar-refractivity contribution in [1.29, 1.82) is 0 Å². The molecule has 0 radical (unpaired) electrons. The number of halogens is 3. The second-order valence-corrected chi connectivity index (χ2v) is 4.95. The van der Waals surface area contributed by atoms with Crippen LogP contribution in [0.15, 0.2) is 0 Å². The molecule has 92 valence electrons. The summed E-state index contributed by atoms with van der Waals surface area (Å²) in [5, 5.41) is 6.36. The van der Waals surface area contributed by atoms with Crippen LogP contribution in [0.4, 0.5) is 13.2 Å². The summed E-state index contributed by atoms with van der Waals surface area (Å²) < 4.78 is 38.3. The van der Waals surface area contributed by atoms with Crippen LogP contribution in [0.25, 0.3) is 0 Å². The molecule has 0 aliphatic rings. The zero-order valence-corrected chi connectivity index (χ0v) is 10.2. The number of hydrogen-bond acceptors (Lipinski definition) is 2. The highest BCUT2D eigenvalue weighted by atomic mass is 32.1. The Kier molecular flexibility index (Phi) is 3.47. The lowest BCUT2D eigenvalue weighted by molar-refractivity contribution is -0.134. The summed E-state index contributed by atoms with van der Waals surface area (Å²) in [6, 6.07) is 0. The average Bonchev–Trinajstić information content (AvgIpc) is 2.41. The molecule has 3 nitrogen and oxygen atoms in total. The zero-order valence-electron chi connectivity index (χ0n) is 9.35. The average molecular weight is 253 g/mol. The molecule has 0 unspecified atom stereocenters. The maximum Gasteiger partial charge on any atom is 0.389 e. The Bertz CT molecular complexity index is 411. The Morgan fingerprint density at radius 3 is 2.31 bits per heavy atom. The Morgan fingerprint density at radius 1 is 1.31 bits per heavy atom. The predicted octanol–water partition coefficient (Wildman–Crippen LogP) is 3.19. The molecule has 7 heteroatoms. The largest absolute Gasteiger partial charge is 0.389 e. The zero-order chi connectivity index (χ0) is 12.6. The van der Waals surface area contributed by atoms with Crippen molar-refractivity contribution in [3.63, 3.8) is 0 Å². The molecule has 1 N–H and O–H groups in total. The molecule has 1 rings (SSSR count). The molecule has 0 atom stereocenters. The minimum absolute atomic E-state index is 0.159. The van der Waals surface area contributed by atoms with E-state index in [-0.39, 0.29) is 12.0 Å². The molecule has 0 saturated carbocycles. The highest BCUT2D eigenvalue weighted by Gasteiger charge is 2.29. The number of nitrogens with zero attached hydrogens (tertiary/aromatic N) is 2. The van der Waals surface area contributed by atoms with E-state index in [4.69, 9.17) is 12.2 Å².